The molecule has 52 heavy (non-hydrogen) atoms. The molecule has 8 rings (SSSR count). The summed E-state index contributed by atoms with van der Waals surface area (Å²) in [6.45, 7) is 9.28. The van der Waals surface area contributed by atoms with Crippen molar-refractivity contribution in [3.8, 4) is 22.5 Å². The molecular formula is C47H46GeIrN2O-2. The number of benzene rings is 5. The second-order valence-electron chi connectivity index (χ2n) is 15.4. The Morgan fingerprint density at radius 3 is 2.31 bits per heavy atom. The molecule has 0 unspecified atom stereocenters. The Labute approximate surface area is 331 Å². The van der Waals surface area contributed by atoms with E-state index in [2.05, 4.69) is 81.8 Å². The molecule has 3 nitrogen and oxygen atoms in total. The Hall–Kier alpha value is -4.09. The smallest absolute Gasteiger partial charge is 0.121 e. The molecule has 1 radical (unpaired) electrons. The molecule has 0 aliphatic carbocycles. The molecule has 0 aliphatic rings. The van der Waals surface area contributed by atoms with E-state index in [1.165, 1.54) is 4.40 Å². The van der Waals surface area contributed by atoms with E-state index in [9.17, 15) is 0 Å². The molecule has 5 heteroatoms. The molecule has 5 aromatic carbocycles. The fraction of sp³-hybridized carbons (Fsp3) is 0.234. The number of hydrogen-bond donors (Lipinski definition) is 0. The molecule has 0 fully saturated rings. The zero-order valence-electron chi connectivity index (χ0n) is 36.0. The predicted octanol–water partition coefficient (Wildman–Crippen LogP) is 12.6. The van der Waals surface area contributed by atoms with Gasteiger partial charge < -0.3 is 9.40 Å². The number of fused-ring (bicyclic) bond motifs is 6. The van der Waals surface area contributed by atoms with Crippen LogP contribution < -0.4 is 4.40 Å². The summed E-state index contributed by atoms with van der Waals surface area (Å²) in [5.74, 6) is 6.45. The van der Waals surface area contributed by atoms with E-state index in [0.29, 0.717) is 16.8 Å². The van der Waals surface area contributed by atoms with Gasteiger partial charge in [-0.3, -0.25) is 0 Å². The topological polar surface area (TPSA) is 38.9 Å². The molecule has 0 bridgehead atoms. The monoisotopic (exact) mass is 926 g/mol. The minimum absolute atomic E-state index is 0. The summed E-state index contributed by atoms with van der Waals surface area (Å²) in [5, 5.41) is 6.41. The Kier molecular flexibility index (Phi) is 9.13. The van der Waals surface area contributed by atoms with Crippen LogP contribution in [0.4, 0.5) is 0 Å². The van der Waals surface area contributed by atoms with Gasteiger partial charge in [0.25, 0.3) is 0 Å². The second-order valence-corrected chi connectivity index (χ2v) is 25.9. The van der Waals surface area contributed by atoms with Crippen LogP contribution in [0.2, 0.25) is 17.3 Å². The number of aromatic nitrogens is 2. The van der Waals surface area contributed by atoms with Crippen molar-refractivity contribution in [2.45, 2.75) is 64.2 Å². The summed E-state index contributed by atoms with van der Waals surface area (Å²) in [6, 6.07) is 38.2. The van der Waals surface area contributed by atoms with Crippen LogP contribution in [-0.4, -0.2) is 23.2 Å². The van der Waals surface area contributed by atoms with E-state index in [0.717, 1.165) is 54.7 Å². The molecule has 0 spiro atoms. The maximum absolute atomic E-state index is 8.72. The summed E-state index contributed by atoms with van der Waals surface area (Å²) in [6.07, 6.45) is -0.103. The SMILES string of the molecule is [2H]C(C)(C)c1cc(-c2[c-]cccc2)nc[c]1[Ge]([CH3])([CH3])[CH3].[2H]c1nc(-c2[c-]ccc3c2oc2cc4c(ccc5ccccc54)cc23)cc(C([2H])([2H])C(C)(C)C)c1[2H].[Ir]. The van der Waals surface area contributed by atoms with Crippen LogP contribution in [0.5, 0.6) is 0 Å². The first-order valence-corrected chi connectivity index (χ1v) is 24.8. The van der Waals surface area contributed by atoms with E-state index in [4.69, 9.17) is 11.3 Å². The summed E-state index contributed by atoms with van der Waals surface area (Å²) in [4.78, 5) is 8.96. The minimum Gasteiger partial charge on any atom is -0.501 e. The molecule has 0 saturated heterocycles. The van der Waals surface area contributed by atoms with Gasteiger partial charge in [0.2, 0.25) is 0 Å². The normalized spacial score (nSPS) is 13.8. The molecule has 0 atom stereocenters. The third kappa shape index (κ3) is 7.95. The zero-order chi connectivity index (χ0) is 40.4. The van der Waals surface area contributed by atoms with Crippen molar-refractivity contribution in [1.29, 1.82) is 0 Å². The van der Waals surface area contributed by atoms with Crippen molar-refractivity contribution in [3.63, 3.8) is 0 Å². The molecule has 0 aliphatic heterocycles. The van der Waals surface area contributed by atoms with Crippen molar-refractivity contribution in [3.05, 3.63) is 139 Å². The first-order valence-electron chi connectivity index (χ1n) is 19.9. The largest absolute Gasteiger partial charge is 0.501 e. The fourth-order valence-electron chi connectivity index (χ4n) is 6.55. The molecule has 3 aromatic heterocycles. The quantitative estimate of drug-likeness (QED) is 0.0981. The number of furan rings is 1. The van der Waals surface area contributed by atoms with Crippen LogP contribution in [0.25, 0.3) is 66.0 Å². The van der Waals surface area contributed by atoms with Gasteiger partial charge in [0.1, 0.15) is 5.58 Å². The van der Waals surface area contributed by atoms with Crippen LogP contribution in [-0.2, 0) is 26.5 Å². The van der Waals surface area contributed by atoms with Crippen molar-refractivity contribution in [1.82, 2.24) is 9.97 Å². The van der Waals surface area contributed by atoms with E-state index in [1.807, 2.05) is 62.5 Å². The first-order chi connectivity index (χ1) is 26.3. The van der Waals surface area contributed by atoms with Gasteiger partial charge in [0.05, 0.1) is 8.32 Å². The third-order valence-electron chi connectivity index (χ3n) is 8.95. The Morgan fingerprint density at radius 1 is 0.808 bits per heavy atom. The van der Waals surface area contributed by atoms with Gasteiger partial charge in [-0.15, -0.1) is 18.2 Å². The van der Waals surface area contributed by atoms with Gasteiger partial charge >= 0.3 is 120 Å². The van der Waals surface area contributed by atoms with Gasteiger partial charge in [0.15, 0.2) is 0 Å². The Balaban J connectivity index is 0.000000223. The Morgan fingerprint density at radius 2 is 1.58 bits per heavy atom. The minimum atomic E-state index is -2.03. The Bertz CT molecular complexity index is 2770. The van der Waals surface area contributed by atoms with Gasteiger partial charge in [-0.05, 0) is 57.2 Å². The van der Waals surface area contributed by atoms with E-state index in [-0.39, 0.29) is 37.9 Å². The summed E-state index contributed by atoms with van der Waals surface area (Å²) >= 11 is -2.03. The second kappa shape index (κ2) is 15.1. The van der Waals surface area contributed by atoms with Crippen molar-refractivity contribution in [2.24, 2.45) is 5.41 Å². The van der Waals surface area contributed by atoms with Gasteiger partial charge in [0, 0.05) is 34.4 Å². The maximum atomic E-state index is 8.72. The molecule has 0 amide bonds. The summed E-state index contributed by atoms with van der Waals surface area (Å²) in [5.41, 5.74) is 4.64. The van der Waals surface area contributed by atoms with Gasteiger partial charge in [-0.25, -0.2) is 0 Å². The predicted molar refractivity (Wildman–Crippen MR) is 220 cm³/mol. The van der Waals surface area contributed by atoms with Crippen LogP contribution in [0.15, 0.2) is 120 Å². The van der Waals surface area contributed by atoms with Crippen LogP contribution in [0, 0.1) is 17.5 Å². The summed E-state index contributed by atoms with van der Waals surface area (Å²) in [7, 11) is 0. The molecule has 265 valence electrons. The maximum Gasteiger partial charge on any atom is 0.121 e. The van der Waals surface area contributed by atoms with Gasteiger partial charge in [-0.2, -0.15) is 0 Å². The molecule has 0 saturated carbocycles. The van der Waals surface area contributed by atoms with Crippen LogP contribution >= 0.6 is 0 Å². The third-order valence-corrected chi connectivity index (χ3v) is 13.2. The van der Waals surface area contributed by atoms with Crippen molar-refractivity contribution in [2.75, 3.05) is 0 Å². The summed E-state index contributed by atoms with van der Waals surface area (Å²) < 4.78 is 50.3. The number of pyridine rings is 2. The standard InChI is InChI=1S/C30H24NO.C17H22GeN.Ir/c1-30(2,3)18-19-13-14-31-27(15-19)24-10-6-9-23-26-16-21-12-11-20-7-4-5-8-22(20)25(21)17-28(26)32-29(23)24;1-13(2)15-11-17(14-9-7-6-8-10-14)19-12-16(15)18(3,4)5;/h4-9,11-17H,18H2,1-3H3;6-9,11-13H,1-5H3;/q2*-1;/i13D,14D,18D2;13D;. The zero-order valence-corrected chi connectivity index (χ0v) is 35.4. The van der Waals surface area contributed by atoms with E-state index in [1.54, 1.807) is 32.9 Å². The number of rotatable bonds is 5. The van der Waals surface area contributed by atoms with Crippen molar-refractivity contribution >= 4 is 61.1 Å². The molecule has 8 aromatic rings. The average Bonchev–Trinajstić information content (AvgIpc) is 3.52. The van der Waals surface area contributed by atoms with Crippen LogP contribution in [0.3, 0.4) is 0 Å². The van der Waals surface area contributed by atoms with E-state index >= 15 is 0 Å². The van der Waals surface area contributed by atoms with Crippen LogP contribution in [0.1, 0.15) is 58.5 Å². The van der Waals surface area contributed by atoms with E-state index < -0.39 is 30.9 Å². The van der Waals surface area contributed by atoms with Gasteiger partial charge in [-0.1, -0.05) is 79.7 Å². The average molecular weight is 925 g/mol. The fourth-order valence-corrected chi connectivity index (χ4v) is 9.87. The van der Waals surface area contributed by atoms with Crippen molar-refractivity contribution < 1.29 is 31.4 Å². The molecule has 3 heterocycles. The molecular weight excluding hydrogens is 873 g/mol. The number of nitrogens with zero attached hydrogens (tertiary/aromatic N) is 2. The first kappa shape index (κ1) is 31.4. The molecule has 0 N–H and O–H groups in total. The number of hydrogen-bond acceptors (Lipinski definition) is 3.